The lowest BCUT2D eigenvalue weighted by Gasteiger charge is -2.18. The number of carbonyl (C=O) groups is 2. The number of aryl methyl sites for hydroxylation is 2. The predicted molar refractivity (Wildman–Crippen MR) is 141 cm³/mol. The van der Waals surface area contributed by atoms with Crippen LogP contribution in [0.5, 0.6) is 11.5 Å². The molecule has 180 valence electrons. The number of aliphatic carboxylic acids is 1. The molecule has 1 aliphatic rings. The summed E-state index contributed by atoms with van der Waals surface area (Å²) in [6.45, 7) is 1.89. The third-order valence-corrected chi connectivity index (χ3v) is 7.04. The van der Waals surface area contributed by atoms with E-state index >= 15 is 0 Å². The van der Waals surface area contributed by atoms with Crippen LogP contribution in [0.2, 0.25) is 5.02 Å². The van der Waals surface area contributed by atoms with Crippen molar-refractivity contribution < 1.29 is 19.4 Å². The van der Waals surface area contributed by atoms with Gasteiger partial charge in [0.1, 0.15) is 17.2 Å². The lowest BCUT2D eigenvalue weighted by Crippen LogP contribution is -2.32. The van der Waals surface area contributed by atoms with Crippen LogP contribution in [0.3, 0.4) is 0 Å². The molecule has 2 N–H and O–H groups in total. The lowest BCUT2D eigenvalue weighted by molar-refractivity contribution is -0.134. The van der Waals surface area contributed by atoms with Crippen LogP contribution < -0.4 is 10.1 Å². The number of carbonyl (C=O) groups excluding carboxylic acids is 1. The first-order valence-corrected chi connectivity index (χ1v) is 12.6. The van der Waals surface area contributed by atoms with E-state index in [2.05, 4.69) is 21.2 Å². The van der Waals surface area contributed by atoms with Gasteiger partial charge in [0, 0.05) is 5.02 Å². The molecule has 7 heteroatoms. The Balaban J connectivity index is 1.51. The zero-order valence-electron chi connectivity index (χ0n) is 19.2. The zero-order valence-corrected chi connectivity index (χ0v) is 21.5. The average Bonchev–Trinajstić information content (AvgIpc) is 3.29. The Bertz CT molecular complexity index is 1290. The van der Waals surface area contributed by atoms with E-state index < -0.39 is 17.8 Å². The van der Waals surface area contributed by atoms with Gasteiger partial charge in [-0.2, -0.15) is 0 Å². The van der Waals surface area contributed by atoms with Gasteiger partial charge in [-0.3, -0.25) is 4.79 Å². The van der Waals surface area contributed by atoms with Gasteiger partial charge in [-0.05, 0) is 100 Å². The van der Waals surface area contributed by atoms with Gasteiger partial charge in [0.2, 0.25) is 5.91 Å². The van der Waals surface area contributed by atoms with Crippen LogP contribution >= 0.6 is 27.5 Å². The fraction of sp³-hybridized carbons (Fsp3) is 0.214. The molecule has 0 fully saturated rings. The zero-order chi connectivity index (χ0) is 24.9. The summed E-state index contributed by atoms with van der Waals surface area (Å²) in [5, 5.41) is 12.9. The van der Waals surface area contributed by atoms with E-state index in [1.54, 1.807) is 24.3 Å². The van der Waals surface area contributed by atoms with E-state index in [-0.39, 0.29) is 5.70 Å². The molecule has 3 aromatic rings. The Morgan fingerprint density at radius 2 is 1.80 bits per heavy atom. The molecular formula is C28H25BrClNO4. The number of para-hydroxylation sites is 1. The van der Waals surface area contributed by atoms with E-state index in [0.717, 1.165) is 29.3 Å². The SMILES string of the molecule is CCC(C(=O)N/C(=C\c1ccc(Oc2ccccc2Br)cc1)C(=O)O)c1cc2c(cc1Cl)CCC2. The minimum atomic E-state index is -1.22. The van der Waals surface area contributed by atoms with E-state index in [1.165, 1.54) is 17.2 Å². The summed E-state index contributed by atoms with van der Waals surface area (Å²) in [5.74, 6) is -0.884. The number of benzene rings is 3. The van der Waals surface area contributed by atoms with Gasteiger partial charge in [-0.25, -0.2) is 4.79 Å². The Labute approximate surface area is 217 Å². The maximum atomic E-state index is 13.1. The molecule has 0 aromatic heterocycles. The van der Waals surface area contributed by atoms with Gasteiger partial charge >= 0.3 is 5.97 Å². The molecule has 0 saturated carbocycles. The van der Waals surface area contributed by atoms with Crippen LogP contribution in [0.15, 0.2) is 70.8 Å². The minimum Gasteiger partial charge on any atom is -0.477 e. The number of amides is 1. The van der Waals surface area contributed by atoms with Crippen molar-refractivity contribution in [3.05, 3.63) is 98.1 Å². The summed E-state index contributed by atoms with van der Waals surface area (Å²) < 4.78 is 6.68. The fourth-order valence-electron chi connectivity index (χ4n) is 4.25. The van der Waals surface area contributed by atoms with Crippen molar-refractivity contribution in [2.24, 2.45) is 0 Å². The predicted octanol–water partition coefficient (Wildman–Crippen LogP) is 7.12. The van der Waals surface area contributed by atoms with Gasteiger partial charge in [-0.1, -0.05) is 48.9 Å². The van der Waals surface area contributed by atoms with Crippen LogP contribution in [0.25, 0.3) is 6.08 Å². The number of fused-ring (bicyclic) bond motifs is 1. The molecule has 1 aliphatic carbocycles. The van der Waals surface area contributed by atoms with Crippen molar-refractivity contribution in [2.75, 3.05) is 0 Å². The molecule has 1 atom stereocenters. The topological polar surface area (TPSA) is 75.6 Å². The Morgan fingerprint density at radius 3 is 2.46 bits per heavy atom. The second kappa shape index (κ2) is 11.1. The highest BCUT2D eigenvalue weighted by Gasteiger charge is 2.25. The van der Waals surface area contributed by atoms with Gasteiger partial charge in [0.25, 0.3) is 0 Å². The van der Waals surface area contributed by atoms with Gasteiger partial charge in [0.05, 0.1) is 10.4 Å². The largest absolute Gasteiger partial charge is 0.477 e. The molecule has 5 nitrogen and oxygen atoms in total. The fourth-order valence-corrected chi connectivity index (χ4v) is 4.93. The summed E-state index contributed by atoms with van der Waals surface area (Å²) in [6.07, 6.45) is 4.98. The third-order valence-electron chi connectivity index (χ3n) is 6.06. The first kappa shape index (κ1) is 25.0. The Morgan fingerprint density at radius 1 is 1.11 bits per heavy atom. The highest BCUT2D eigenvalue weighted by atomic mass is 79.9. The molecule has 0 saturated heterocycles. The number of ether oxygens (including phenoxy) is 1. The summed E-state index contributed by atoms with van der Waals surface area (Å²) in [7, 11) is 0. The number of nitrogens with one attached hydrogen (secondary N) is 1. The van der Waals surface area contributed by atoms with Crippen LogP contribution in [-0.4, -0.2) is 17.0 Å². The molecule has 0 radical (unpaired) electrons. The highest BCUT2D eigenvalue weighted by molar-refractivity contribution is 9.10. The van der Waals surface area contributed by atoms with Crippen LogP contribution in [0, 0.1) is 0 Å². The summed E-state index contributed by atoms with van der Waals surface area (Å²) in [4.78, 5) is 25.0. The monoisotopic (exact) mass is 553 g/mol. The second-order valence-corrected chi connectivity index (χ2v) is 9.67. The molecule has 0 bridgehead atoms. The number of halogens is 2. The van der Waals surface area contributed by atoms with Gasteiger partial charge in [-0.15, -0.1) is 0 Å². The average molecular weight is 555 g/mol. The van der Waals surface area contributed by atoms with E-state index in [9.17, 15) is 14.7 Å². The summed E-state index contributed by atoms with van der Waals surface area (Å²) in [5.41, 5.74) is 3.60. The maximum Gasteiger partial charge on any atom is 0.352 e. The van der Waals surface area contributed by atoms with Gasteiger partial charge in [0.15, 0.2) is 0 Å². The van der Waals surface area contributed by atoms with Gasteiger partial charge < -0.3 is 15.2 Å². The molecule has 0 aliphatic heterocycles. The molecule has 1 unspecified atom stereocenters. The molecular weight excluding hydrogens is 530 g/mol. The summed E-state index contributed by atoms with van der Waals surface area (Å²) in [6, 6.07) is 18.4. The quantitative estimate of drug-likeness (QED) is 0.291. The molecule has 35 heavy (non-hydrogen) atoms. The molecule has 0 heterocycles. The number of carboxylic acid groups (broad SMARTS) is 1. The van der Waals surface area contributed by atoms with Crippen molar-refractivity contribution in [2.45, 2.75) is 38.5 Å². The lowest BCUT2D eigenvalue weighted by atomic mass is 9.92. The van der Waals surface area contributed by atoms with Crippen molar-refractivity contribution in [1.82, 2.24) is 5.32 Å². The molecule has 0 spiro atoms. The number of rotatable bonds is 8. The maximum absolute atomic E-state index is 13.1. The minimum absolute atomic E-state index is 0.204. The normalized spacial score (nSPS) is 13.7. The first-order chi connectivity index (χ1) is 16.9. The van der Waals surface area contributed by atoms with E-state index in [0.29, 0.717) is 28.5 Å². The van der Waals surface area contributed by atoms with E-state index in [4.69, 9.17) is 16.3 Å². The van der Waals surface area contributed by atoms with Crippen molar-refractivity contribution >= 4 is 45.5 Å². The number of hydrogen-bond acceptors (Lipinski definition) is 3. The molecule has 1 amide bonds. The third kappa shape index (κ3) is 5.95. The Kier molecular flexibility index (Phi) is 7.93. The molecule has 3 aromatic carbocycles. The molecule has 4 rings (SSSR count). The first-order valence-electron chi connectivity index (χ1n) is 11.4. The van der Waals surface area contributed by atoms with Crippen LogP contribution in [0.1, 0.15) is 47.9 Å². The summed E-state index contributed by atoms with van der Waals surface area (Å²) >= 11 is 9.96. The van der Waals surface area contributed by atoms with Crippen LogP contribution in [-0.2, 0) is 22.4 Å². The van der Waals surface area contributed by atoms with Crippen molar-refractivity contribution in [1.29, 1.82) is 0 Å². The number of carboxylic acids is 1. The van der Waals surface area contributed by atoms with Crippen molar-refractivity contribution in [3.8, 4) is 11.5 Å². The number of hydrogen-bond donors (Lipinski definition) is 2. The standard InChI is InChI=1S/C28H25BrClNO4/c1-2-21(22-15-18-6-5-7-19(18)16-24(22)30)27(32)31-25(28(33)34)14-17-10-12-20(13-11-17)35-26-9-4-3-8-23(26)29/h3-4,8-16,21H,2,5-7H2,1H3,(H,31,32)(H,33,34)/b25-14-. The smallest absolute Gasteiger partial charge is 0.352 e. The highest BCUT2D eigenvalue weighted by Crippen LogP contribution is 2.34. The second-order valence-electron chi connectivity index (χ2n) is 8.41. The van der Waals surface area contributed by atoms with Crippen LogP contribution in [0.4, 0.5) is 0 Å². The Hall–Kier alpha value is -3.09. The van der Waals surface area contributed by atoms with Crippen molar-refractivity contribution in [3.63, 3.8) is 0 Å². The van der Waals surface area contributed by atoms with E-state index in [1.807, 2.05) is 43.3 Å².